The topological polar surface area (TPSA) is 75.7 Å². The van der Waals surface area contributed by atoms with Crippen molar-refractivity contribution >= 4 is 38.9 Å². The Labute approximate surface area is 186 Å². The lowest BCUT2D eigenvalue weighted by molar-refractivity contribution is -0.122. The Hall–Kier alpha value is -3.03. The van der Waals surface area contributed by atoms with Crippen LogP contribution >= 0.6 is 11.6 Å². The van der Waals surface area contributed by atoms with E-state index >= 15 is 0 Å². The molecule has 160 valence electrons. The second-order valence-corrected chi connectivity index (χ2v) is 9.43. The fraction of sp³-hybridized carbons (Fsp3) is 0.174. The number of ether oxygens (including phenoxy) is 1. The first kappa shape index (κ1) is 21.2. The van der Waals surface area contributed by atoms with Crippen molar-refractivity contribution in [3.8, 4) is 5.75 Å². The number of fused-ring (bicyclic) bond motifs is 1. The molecule has 31 heavy (non-hydrogen) atoms. The van der Waals surface area contributed by atoms with E-state index in [1.54, 1.807) is 43.3 Å². The van der Waals surface area contributed by atoms with Crippen LogP contribution in [-0.4, -0.2) is 27.0 Å². The molecule has 0 radical (unpaired) electrons. The molecule has 1 aliphatic heterocycles. The van der Waals surface area contributed by atoms with Crippen molar-refractivity contribution in [2.75, 3.05) is 16.2 Å². The highest BCUT2D eigenvalue weighted by atomic mass is 35.5. The van der Waals surface area contributed by atoms with Gasteiger partial charge in [0.25, 0.3) is 15.9 Å². The number of benzene rings is 3. The monoisotopic (exact) mass is 456 g/mol. The van der Waals surface area contributed by atoms with Gasteiger partial charge in [0.2, 0.25) is 0 Å². The van der Waals surface area contributed by atoms with Crippen molar-refractivity contribution < 1.29 is 17.9 Å². The lowest BCUT2D eigenvalue weighted by Crippen LogP contribution is -2.30. The molecule has 1 aliphatic rings. The number of hydrogen-bond donors (Lipinski definition) is 1. The number of carbonyl (C=O) groups excluding carboxylic acids is 1. The van der Waals surface area contributed by atoms with Crippen molar-refractivity contribution in [2.45, 2.75) is 24.3 Å². The van der Waals surface area contributed by atoms with E-state index in [4.69, 9.17) is 16.3 Å². The van der Waals surface area contributed by atoms with E-state index in [1.165, 1.54) is 16.4 Å². The lowest BCUT2D eigenvalue weighted by Gasteiger charge is -2.20. The van der Waals surface area contributed by atoms with Crippen molar-refractivity contribution in [1.82, 2.24) is 0 Å². The highest BCUT2D eigenvalue weighted by Crippen LogP contribution is 2.33. The molecule has 6 nitrogen and oxygen atoms in total. The van der Waals surface area contributed by atoms with Crippen molar-refractivity contribution in [1.29, 1.82) is 0 Å². The summed E-state index contributed by atoms with van der Waals surface area (Å²) in [6, 6.07) is 20.5. The molecular formula is C23H21ClN2O4S. The molecular weight excluding hydrogens is 436 g/mol. The molecule has 0 aromatic heterocycles. The average molecular weight is 457 g/mol. The minimum atomic E-state index is -3.68. The Kier molecular flexibility index (Phi) is 5.89. The second-order valence-electron chi connectivity index (χ2n) is 7.16. The highest BCUT2D eigenvalue weighted by molar-refractivity contribution is 7.92. The second kappa shape index (κ2) is 8.61. The Morgan fingerprint density at radius 2 is 1.71 bits per heavy atom. The number of para-hydroxylation sites is 2. The molecule has 0 aliphatic carbocycles. The third-order valence-corrected chi connectivity index (χ3v) is 7.20. The van der Waals surface area contributed by atoms with E-state index in [0.29, 0.717) is 35.1 Å². The summed E-state index contributed by atoms with van der Waals surface area (Å²) >= 11 is 6.06. The molecule has 1 atom stereocenters. The van der Waals surface area contributed by atoms with Gasteiger partial charge in [-0.1, -0.05) is 41.9 Å². The number of carbonyl (C=O) groups is 1. The Balaban J connectivity index is 1.45. The summed E-state index contributed by atoms with van der Waals surface area (Å²) in [7, 11) is -3.68. The van der Waals surface area contributed by atoms with Crippen LogP contribution in [0.15, 0.2) is 77.7 Å². The number of nitrogens with one attached hydrogen (secondary N) is 1. The van der Waals surface area contributed by atoms with Crippen LogP contribution in [0.5, 0.6) is 5.75 Å². The molecule has 0 spiro atoms. The maximum atomic E-state index is 13.1. The van der Waals surface area contributed by atoms with E-state index in [0.717, 1.165) is 5.56 Å². The first-order valence-corrected chi connectivity index (χ1v) is 11.6. The van der Waals surface area contributed by atoms with Gasteiger partial charge in [0.15, 0.2) is 6.10 Å². The van der Waals surface area contributed by atoms with Gasteiger partial charge < -0.3 is 10.1 Å². The molecule has 0 bridgehead atoms. The quantitative estimate of drug-likeness (QED) is 0.592. The Morgan fingerprint density at radius 3 is 2.45 bits per heavy atom. The van der Waals surface area contributed by atoms with E-state index in [9.17, 15) is 13.2 Å². The molecule has 0 saturated carbocycles. The highest BCUT2D eigenvalue weighted by Gasteiger charge is 2.30. The first-order valence-electron chi connectivity index (χ1n) is 9.79. The van der Waals surface area contributed by atoms with Crippen LogP contribution in [0.2, 0.25) is 5.02 Å². The normalized spacial score (nSPS) is 14.1. The van der Waals surface area contributed by atoms with Crippen LogP contribution in [0.1, 0.15) is 12.5 Å². The summed E-state index contributed by atoms with van der Waals surface area (Å²) in [5.41, 5.74) is 2.20. The predicted molar refractivity (Wildman–Crippen MR) is 121 cm³/mol. The predicted octanol–water partition coefficient (Wildman–Crippen LogP) is 4.50. The van der Waals surface area contributed by atoms with Gasteiger partial charge in [-0.3, -0.25) is 9.10 Å². The summed E-state index contributed by atoms with van der Waals surface area (Å²) in [6.45, 7) is 2.03. The van der Waals surface area contributed by atoms with Gasteiger partial charge in [-0.2, -0.15) is 0 Å². The zero-order valence-corrected chi connectivity index (χ0v) is 18.4. The summed E-state index contributed by atoms with van der Waals surface area (Å²) in [5.74, 6) is 0.0446. The number of anilines is 2. The number of hydrogen-bond acceptors (Lipinski definition) is 4. The summed E-state index contributed by atoms with van der Waals surface area (Å²) < 4.78 is 33.2. The van der Waals surface area contributed by atoms with Crippen LogP contribution in [0, 0.1) is 0 Å². The van der Waals surface area contributed by atoms with Crippen LogP contribution in [0.3, 0.4) is 0 Å². The lowest BCUT2D eigenvalue weighted by atomic mass is 10.2. The van der Waals surface area contributed by atoms with Crippen molar-refractivity contribution in [3.05, 3.63) is 83.4 Å². The molecule has 3 aromatic rings. The summed E-state index contributed by atoms with van der Waals surface area (Å²) in [4.78, 5) is 12.6. The average Bonchev–Trinajstić information content (AvgIpc) is 3.21. The maximum absolute atomic E-state index is 13.1. The van der Waals surface area contributed by atoms with Crippen LogP contribution in [0.25, 0.3) is 0 Å². The molecule has 3 aromatic carbocycles. The molecule has 8 heteroatoms. The van der Waals surface area contributed by atoms with Gasteiger partial charge in [-0.25, -0.2) is 8.42 Å². The fourth-order valence-corrected chi connectivity index (χ4v) is 5.11. The van der Waals surface area contributed by atoms with Crippen LogP contribution in [-0.2, 0) is 21.2 Å². The zero-order chi connectivity index (χ0) is 22.0. The van der Waals surface area contributed by atoms with Gasteiger partial charge in [0, 0.05) is 12.2 Å². The van der Waals surface area contributed by atoms with E-state index < -0.39 is 16.1 Å². The van der Waals surface area contributed by atoms with E-state index in [1.807, 2.05) is 24.3 Å². The molecule has 4 rings (SSSR count). The summed E-state index contributed by atoms with van der Waals surface area (Å²) in [5, 5.41) is 3.15. The zero-order valence-electron chi connectivity index (χ0n) is 16.8. The third-order valence-electron chi connectivity index (χ3n) is 5.06. The molecule has 1 heterocycles. The van der Waals surface area contributed by atoms with E-state index in [-0.39, 0.29) is 10.8 Å². The van der Waals surface area contributed by atoms with Gasteiger partial charge in [0.05, 0.1) is 15.6 Å². The SMILES string of the molecule is CC(Oc1ccccc1Cl)C(=O)Nc1ccc(S(=O)(=O)N2CCc3ccccc32)cc1. The largest absolute Gasteiger partial charge is 0.479 e. The van der Waals surface area contributed by atoms with Gasteiger partial charge in [-0.15, -0.1) is 0 Å². The van der Waals surface area contributed by atoms with Crippen LogP contribution in [0.4, 0.5) is 11.4 Å². The molecule has 1 amide bonds. The number of amides is 1. The minimum Gasteiger partial charge on any atom is -0.479 e. The van der Waals surface area contributed by atoms with Gasteiger partial charge in [0.1, 0.15) is 5.75 Å². The van der Waals surface area contributed by atoms with Crippen LogP contribution < -0.4 is 14.4 Å². The third kappa shape index (κ3) is 4.38. The maximum Gasteiger partial charge on any atom is 0.265 e. The molecule has 0 saturated heterocycles. The minimum absolute atomic E-state index is 0.169. The molecule has 0 fully saturated rings. The smallest absolute Gasteiger partial charge is 0.265 e. The standard InChI is InChI=1S/C23H21ClN2O4S/c1-16(30-22-9-5-3-7-20(22)24)23(27)25-18-10-12-19(13-11-18)31(28,29)26-15-14-17-6-2-4-8-21(17)26/h2-13,16H,14-15H2,1H3,(H,25,27). The van der Waals surface area contributed by atoms with E-state index in [2.05, 4.69) is 5.32 Å². The van der Waals surface area contributed by atoms with Gasteiger partial charge >= 0.3 is 0 Å². The Bertz CT molecular complexity index is 1210. The number of halogens is 1. The Morgan fingerprint density at radius 1 is 1.03 bits per heavy atom. The number of nitrogens with zero attached hydrogens (tertiary/aromatic N) is 1. The van der Waals surface area contributed by atoms with Crippen molar-refractivity contribution in [2.24, 2.45) is 0 Å². The fourth-order valence-electron chi connectivity index (χ4n) is 3.42. The number of sulfonamides is 1. The summed E-state index contributed by atoms with van der Waals surface area (Å²) in [6.07, 6.45) is -0.100. The molecule has 1 N–H and O–H groups in total. The van der Waals surface area contributed by atoms with Gasteiger partial charge in [-0.05, 0) is 61.4 Å². The number of rotatable bonds is 6. The molecule has 1 unspecified atom stereocenters. The first-order chi connectivity index (χ1) is 14.9. The van der Waals surface area contributed by atoms with Crippen molar-refractivity contribution in [3.63, 3.8) is 0 Å².